The maximum absolute atomic E-state index is 13.8. The Morgan fingerprint density at radius 3 is 2.12 bits per heavy atom. The quantitative estimate of drug-likeness (QED) is 0.507. The highest BCUT2D eigenvalue weighted by atomic mass is 16.5. The van der Waals surface area contributed by atoms with E-state index in [9.17, 15) is 4.79 Å². The van der Waals surface area contributed by atoms with E-state index in [2.05, 4.69) is 12.1 Å². The standard InChI is InChI=1S/C25H28N2O5/c28-24-17-2-1-3-19-21(17)18-16-20(31-14-8-26(19)4-10-29-11-5-26)23-25(22(18)24)32-15-9-27(23)6-12-30-13-7-27/h1-3,16H,4-15H2/q+2. The maximum Gasteiger partial charge on any atom is 0.218 e. The Hall–Kier alpha value is -2.45. The first-order valence-electron chi connectivity index (χ1n) is 11.8. The summed E-state index contributed by atoms with van der Waals surface area (Å²) >= 11 is 0. The molecule has 0 radical (unpaired) electrons. The van der Waals surface area contributed by atoms with Crippen molar-refractivity contribution in [3.05, 3.63) is 35.4 Å². The van der Waals surface area contributed by atoms with Crippen molar-refractivity contribution < 1.29 is 23.7 Å². The minimum absolute atomic E-state index is 0.0833. The van der Waals surface area contributed by atoms with Crippen LogP contribution in [-0.4, -0.2) is 84.7 Å². The highest BCUT2D eigenvalue weighted by Gasteiger charge is 2.49. The lowest BCUT2D eigenvalue weighted by Gasteiger charge is -2.44. The van der Waals surface area contributed by atoms with Gasteiger partial charge in [0.05, 0.1) is 37.6 Å². The molecule has 7 rings (SSSR count). The number of rotatable bonds is 0. The molecule has 0 atom stereocenters. The predicted octanol–water partition coefficient (Wildman–Crippen LogP) is 2.36. The summed E-state index contributed by atoms with van der Waals surface area (Å²) in [5.74, 6) is 1.71. The van der Waals surface area contributed by atoms with Crippen molar-refractivity contribution in [2.75, 3.05) is 78.9 Å². The molecule has 4 heterocycles. The summed E-state index contributed by atoms with van der Waals surface area (Å²) in [6.45, 7) is 9.42. The average molecular weight is 437 g/mol. The molecule has 166 valence electrons. The summed E-state index contributed by atoms with van der Waals surface area (Å²) in [7, 11) is 0. The fourth-order valence-corrected chi connectivity index (χ4v) is 6.47. The van der Waals surface area contributed by atoms with E-state index in [1.807, 2.05) is 12.1 Å². The van der Waals surface area contributed by atoms with Crippen molar-refractivity contribution in [3.63, 3.8) is 0 Å². The van der Waals surface area contributed by atoms with Crippen LogP contribution in [0.1, 0.15) is 15.9 Å². The van der Waals surface area contributed by atoms with Crippen LogP contribution in [0.3, 0.4) is 0 Å². The van der Waals surface area contributed by atoms with Crippen molar-refractivity contribution in [2.45, 2.75) is 0 Å². The third-order valence-corrected chi connectivity index (χ3v) is 8.19. The minimum atomic E-state index is 0.0833. The number of fused-ring (bicyclic) bond motifs is 6. The zero-order valence-corrected chi connectivity index (χ0v) is 18.2. The number of carbonyl (C=O) groups is 1. The minimum Gasteiger partial charge on any atom is -0.481 e. The fourth-order valence-electron chi connectivity index (χ4n) is 6.47. The van der Waals surface area contributed by atoms with Crippen LogP contribution in [0.2, 0.25) is 0 Å². The number of benzene rings is 2. The van der Waals surface area contributed by atoms with Gasteiger partial charge in [-0.1, -0.05) is 6.07 Å². The molecule has 0 amide bonds. The first-order valence-corrected chi connectivity index (χ1v) is 11.8. The van der Waals surface area contributed by atoms with E-state index in [-0.39, 0.29) is 5.78 Å². The zero-order valence-electron chi connectivity index (χ0n) is 18.2. The molecule has 0 saturated carbocycles. The molecule has 5 aliphatic rings. The van der Waals surface area contributed by atoms with Crippen molar-refractivity contribution in [1.29, 1.82) is 0 Å². The van der Waals surface area contributed by atoms with Crippen LogP contribution in [0.5, 0.6) is 11.5 Å². The van der Waals surface area contributed by atoms with Gasteiger partial charge in [-0.3, -0.25) is 13.8 Å². The van der Waals surface area contributed by atoms with Gasteiger partial charge in [0.2, 0.25) is 5.69 Å². The summed E-state index contributed by atoms with van der Waals surface area (Å²) in [6, 6.07) is 8.35. The average Bonchev–Trinajstić information content (AvgIpc) is 3.14. The van der Waals surface area contributed by atoms with E-state index in [0.29, 0.717) is 26.4 Å². The molecule has 7 heteroatoms. The summed E-state index contributed by atoms with van der Waals surface area (Å²) in [5.41, 5.74) is 5.86. The monoisotopic (exact) mass is 436 g/mol. The van der Waals surface area contributed by atoms with Crippen LogP contribution in [0.4, 0.5) is 11.4 Å². The van der Waals surface area contributed by atoms with Gasteiger partial charge in [0, 0.05) is 11.1 Å². The Labute approximate surface area is 187 Å². The van der Waals surface area contributed by atoms with Gasteiger partial charge >= 0.3 is 0 Å². The fraction of sp³-hybridized carbons (Fsp3) is 0.480. The molecule has 0 unspecified atom stereocenters. The van der Waals surface area contributed by atoms with E-state index in [1.54, 1.807) is 0 Å². The number of nitrogens with zero attached hydrogens (tertiary/aromatic N) is 2. The Bertz CT molecular complexity index is 1130. The molecule has 2 saturated heterocycles. The zero-order chi connectivity index (χ0) is 21.3. The third kappa shape index (κ3) is 2.42. The first-order chi connectivity index (χ1) is 15.7. The topological polar surface area (TPSA) is 54.0 Å². The molecule has 0 aromatic heterocycles. The summed E-state index contributed by atoms with van der Waals surface area (Å²) < 4.78 is 25.9. The number of ketones is 1. The molecule has 0 N–H and O–H groups in total. The van der Waals surface area contributed by atoms with Crippen LogP contribution in [-0.2, 0) is 9.47 Å². The second-order valence-electron chi connectivity index (χ2n) is 9.56. The predicted molar refractivity (Wildman–Crippen MR) is 121 cm³/mol. The van der Waals surface area contributed by atoms with Crippen LogP contribution in [0.15, 0.2) is 24.3 Å². The van der Waals surface area contributed by atoms with Crippen molar-refractivity contribution in [1.82, 2.24) is 8.97 Å². The maximum atomic E-state index is 13.8. The van der Waals surface area contributed by atoms with E-state index in [0.717, 1.165) is 101 Å². The summed E-state index contributed by atoms with van der Waals surface area (Å²) in [6.07, 6.45) is 0. The van der Waals surface area contributed by atoms with Crippen LogP contribution >= 0.6 is 0 Å². The number of carbonyl (C=O) groups excluding carboxylic acids is 1. The smallest absolute Gasteiger partial charge is 0.218 e. The molecule has 7 nitrogen and oxygen atoms in total. The molecule has 4 aliphatic heterocycles. The van der Waals surface area contributed by atoms with Gasteiger partial charge in [0.15, 0.2) is 17.3 Å². The largest absolute Gasteiger partial charge is 0.481 e. The van der Waals surface area contributed by atoms with Gasteiger partial charge in [0.25, 0.3) is 0 Å². The molecule has 2 spiro atoms. The van der Waals surface area contributed by atoms with Crippen LogP contribution in [0, 0.1) is 0 Å². The van der Waals surface area contributed by atoms with Gasteiger partial charge in [-0.15, -0.1) is 0 Å². The SMILES string of the molecule is O=C1c2cccc3c2-c2cc(c4c(c21)OCC[N+]41CCOCC1)OCC[N+]31CCOCC1. The normalized spacial score (nSPS) is 24.2. The summed E-state index contributed by atoms with van der Waals surface area (Å²) in [4.78, 5) is 13.8. The van der Waals surface area contributed by atoms with Crippen molar-refractivity contribution in [2.24, 2.45) is 0 Å². The number of ether oxygens (including phenoxy) is 4. The number of quaternary nitrogens is 2. The van der Waals surface area contributed by atoms with Crippen molar-refractivity contribution in [3.8, 4) is 22.6 Å². The Morgan fingerprint density at radius 1 is 0.688 bits per heavy atom. The Morgan fingerprint density at radius 2 is 1.34 bits per heavy atom. The highest BCUT2D eigenvalue weighted by Crippen LogP contribution is 2.56. The van der Waals surface area contributed by atoms with Crippen LogP contribution < -0.4 is 18.4 Å². The van der Waals surface area contributed by atoms with E-state index >= 15 is 0 Å². The molecule has 2 bridgehead atoms. The highest BCUT2D eigenvalue weighted by molar-refractivity contribution is 6.26. The Kier molecular flexibility index (Phi) is 4.04. The lowest BCUT2D eigenvalue weighted by molar-refractivity contribution is 0.0242. The van der Waals surface area contributed by atoms with Gasteiger partial charge < -0.3 is 18.9 Å². The third-order valence-electron chi connectivity index (χ3n) is 8.19. The van der Waals surface area contributed by atoms with E-state index in [1.165, 1.54) is 5.69 Å². The molecule has 32 heavy (non-hydrogen) atoms. The number of morpholine rings is 2. The molecule has 2 aromatic rings. The molecule has 2 fully saturated rings. The lowest BCUT2D eigenvalue weighted by Crippen LogP contribution is -2.60. The van der Waals surface area contributed by atoms with Gasteiger partial charge in [-0.25, -0.2) is 0 Å². The van der Waals surface area contributed by atoms with Gasteiger partial charge in [-0.2, -0.15) is 0 Å². The van der Waals surface area contributed by atoms with E-state index in [4.69, 9.17) is 18.9 Å². The second-order valence-corrected chi connectivity index (χ2v) is 9.56. The number of hydrogen-bond donors (Lipinski definition) is 0. The molecular weight excluding hydrogens is 408 g/mol. The Balaban J connectivity index is 1.51. The lowest BCUT2D eigenvalue weighted by atomic mass is 9.98. The summed E-state index contributed by atoms with van der Waals surface area (Å²) in [5, 5.41) is 0. The van der Waals surface area contributed by atoms with E-state index < -0.39 is 0 Å². The number of hydrogen-bond acceptors (Lipinski definition) is 5. The second kappa shape index (κ2) is 6.78. The molecule has 1 aliphatic carbocycles. The van der Waals surface area contributed by atoms with Gasteiger partial charge in [0.1, 0.15) is 58.2 Å². The van der Waals surface area contributed by atoms with Gasteiger partial charge in [-0.05, 0) is 18.2 Å². The first kappa shape index (κ1) is 19.1. The van der Waals surface area contributed by atoms with Crippen molar-refractivity contribution >= 4 is 17.2 Å². The molecular formula is C25H28N2O5+2. The van der Waals surface area contributed by atoms with Crippen LogP contribution in [0.25, 0.3) is 11.1 Å². The molecule has 2 aromatic carbocycles.